The number of hydrogen-bond donors (Lipinski definition) is 2. The lowest BCUT2D eigenvalue weighted by atomic mass is 10.1. The van der Waals surface area contributed by atoms with Crippen molar-refractivity contribution in [2.75, 3.05) is 30.3 Å². The summed E-state index contributed by atoms with van der Waals surface area (Å²) >= 11 is 1.66. The quantitative estimate of drug-likeness (QED) is 0.476. The highest BCUT2D eigenvalue weighted by Gasteiger charge is 2.22. The maximum atomic E-state index is 13.1. The molecule has 1 saturated heterocycles. The molecule has 4 rings (SSSR count). The molecule has 1 aromatic heterocycles. The van der Waals surface area contributed by atoms with Crippen molar-refractivity contribution in [3.63, 3.8) is 0 Å². The smallest absolute Gasteiger partial charge is 0.257 e. The van der Waals surface area contributed by atoms with Crippen LogP contribution in [0, 0.1) is 5.82 Å². The lowest BCUT2D eigenvalue weighted by molar-refractivity contribution is -0.117. The van der Waals surface area contributed by atoms with Gasteiger partial charge < -0.3 is 15.4 Å². The van der Waals surface area contributed by atoms with E-state index in [0.29, 0.717) is 30.0 Å². The van der Waals surface area contributed by atoms with Crippen molar-refractivity contribution < 1.29 is 18.7 Å². The Bertz CT molecular complexity index is 1070. The number of halogens is 1. The average molecular weight is 468 g/mol. The molecule has 3 aromatic rings. The van der Waals surface area contributed by atoms with E-state index in [1.807, 2.05) is 11.4 Å². The van der Waals surface area contributed by atoms with Gasteiger partial charge in [0.05, 0.1) is 23.9 Å². The van der Waals surface area contributed by atoms with Gasteiger partial charge in [0.2, 0.25) is 5.91 Å². The molecule has 8 heteroatoms. The Morgan fingerprint density at radius 1 is 1.06 bits per heavy atom. The normalized spacial score (nSPS) is 15.5. The van der Waals surface area contributed by atoms with E-state index in [0.717, 1.165) is 19.4 Å². The number of amides is 2. The molecule has 2 N–H and O–H groups in total. The summed E-state index contributed by atoms with van der Waals surface area (Å²) in [6.07, 6.45) is 2.17. The molecular weight excluding hydrogens is 441 g/mol. The second kappa shape index (κ2) is 11.2. The van der Waals surface area contributed by atoms with E-state index in [1.54, 1.807) is 35.6 Å². The van der Waals surface area contributed by atoms with Gasteiger partial charge in [-0.05, 0) is 60.7 Å². The maximum Gasteiger partial charge on any atom is 0.257 e. The molecule has 2 heterocycles. The Balaban J connectivity index is 1.42. The van der Waals surface area contributed by atoms with Gasteiger partial charge in [0.15, 0.2) is 0 Å². The van der Waals surface area contributed by atoms with Crippen LogP contribution in [0.3, 0.4) is 0 Å². The topological polar surface area (TPSA) is 70.7 Å². The van der Waals surface area contributed by atoms with E-state index >= 15 is 0 Å². The highest BCUT2D eigenvalue weighted by atomic mass is 32.1. The fourth-order valence-electron chi connectivity index (χ4n) is 3.80. The van der Waals surface area contributed by atoms with Gasteiger partial charge in [0.1, 0.15) is 5.82 Å². The number of nitrogens with one attached hydrogen (secondary N) is 2. The molecule has 1 atom stereocenters. The van der Waals surface area contributed by atoms with E-state index in [-0.39, 0.29) is 30.3 Å². The molecule has 172 valence electrons. The lowest BCUT2D eigenvalue weighted by Crippen LogP contribution is -2.38. The van der Waals surface area contributed by atoms with Crippen molar-refractivity contribution in [2.45, 2.75) is 25.5 Å². The fraction of sp³-hybridized carbons (Fsp3) is 0.280. The van der Waals surface area contributed by atoms with E-state index in [1.165, 1.54) is 29.1 Å². The summed E-state index contributed by atoms with van der Waals surface area (Å²) in [5, 5.41) is 7.64. The van der Waals surface area contributed by atoms with Crippen LogP contribution in [0.2, 0.25) is 0 Å². The van der Waals surface area contributed by atoms with Gasteiger partial charge in [-0.2, -0.15) is 0 Å². The van der Waals surface area contributed by atoms with Gasteiger partial charge in [-0.15, -0.1) is 11.3 Å². The van der Waals surface area contributed by atoms with Gasteiger partial charge in [-0.25, -0.2) is 4.39 Å². The number of anilines is 2. The molecule has 1 fully saturated rings. The minimum absolute atomic E-state index is 0.131. The van der Waals surface area contributed by atoms with E-state index in [9.17, 15) is 14.0 Å². The predicted octanol–water partition coefficient (Wildman–Crippen LogP) is 4.76. The summed E-state index contributed by atoms with van der Waals surface area (Å²) in [6, 6.07) is 16.4. The highest BCUT2D eigenvalue weighted by molar-refractivity contribution is 7.09. The fourth-order valence-corrected chi connectivity index (χ4v) is 4.55. The molecule has 2 amide bonds. The Hall–Kier alpha value is -3.07. The standard InChI is InChI=1S/C25H26FN3O3S/c26-18-9-11-19(12-10-18)27-25(31)22-7-1-2-8-23(22)28-24(30)17-29(15-20-5-3-13-32-20)16-21-6-4-14-33-21/h1-2,4,6-12,14,20H,3,5,13,15-17H2,(H,27,31)(H,28,30)/t20-/m0/s1. The van der Waals surface area contributed by atoms with Crippen LogP contribution in [0.15, 0.2) is 66.0 Å². The van der Waals surface area contributed by atoms with Crippen LogP contribution in [0.25, 0.3) is 0 Å². The van der Waals surface area contributed by atoms with E-state index < -0.39 is 0 Å². The SMILES string of the molecule is O=C(CN(Cc1cccs1)C[C@@H]1CCCO1)Nc1ccccc1C(=O)Nc1ccc(F)cc1. The largest absolute Gasteiger partial charge is 0.377 e. The van der Waals surface area contributed by atoms with Crippen LogP contribution in [-0.2, 0) is 16.1 Å². The van der Waals surface area contributed by atoms with Gasteiger partial charge in [-0.1, -0.05) is 18.2 Å². The maximum absolute atomic E-state index is 13.1. The second-order valence-electron chi connectivity index (χ2n) is 7.94. The molecule has 0 bridgehead atoms. The average Bonchev–Trinajstić information content (AvgIpc) is 3.50. The predicted molar refractivity (Wildman–Crippen MR) is 128 cm³/mol. The molecule has 0 saturated carbocycles. The molecule has 0 spiro atoms. The van der Waals surface area contributed by atoms with Crippen molar-refractivity contribution in [3.8, 4) is 0 Å². The first kappa shape index (κ1) is 23.1. The van der Waals surface area contributed by atoms with Gasteiger partial charge >= 0.3 is 0 Å². The van der Waals surface area contributed by atoms with Crippen molar-refractivity contribution in [1.29, 1.82) is 0 Å². The summed E-state index contributed by atoms with van der Waals surface area (Å²) in [6.45, 7) is 2.29. The molecule has 1 aliphatic heterocycles. The van der Waals surface area contributed by atoms with Crippen LogP contribution in [0.1, 0.15) is 28.1 Å². The summed E-state index contributed by atoms with van der Waals surface area (Å²) in [7, 11) is 0. The number of carbonyl (C=O) groups excluding carboxylic acids is 2. The molecule has 0 aliphatic carbocycles. The number of carbonyl (C=O) groups is 2. The molecule has 1 aliphatic rings. The number of nitrogens with zero attached hydrogens (tertiary/aromatic N) is 1. The van der Waals surface area contributed by atoms with Gasteiger partial charge in [0.25, 0.3) is 5.91 Å². The number of hydrogen-bond acceptors (Lipinski definition) is 5. The summed E-state index contributed by atoms with van der Waals surface area (Å²) in [5.41, 5.74) is 1.23. The van der Waals surface area contributed by atoms with Crippen molar-refractivity contribution >= 4 is 34.5 Å². The molecular formula is C25H26FN3O3S. The zero-order valence-corrected chi connectivity index (χ0v) is 18.9. The van der Waals surface area contributed by atoms with E-state index in [2.05, 4.69) is 21.6 Å². The minimum Gasteiger partial charge on any atom is -0.377 e. The molecule has 0 radical (unpaired) electrons. The Morgan fingerprint density at radius 3 is 2.61 bits per heavy atom. The Labute approximate surface area is 196 Å². The first-order valence-corrected chi connectivity index (χ1v) is 11.8. The number of rotatable bonds is 9. The third-order valence-corrected chi connectivity index (χ3v) is 6.22. The third kappa shape index (κ3) is 6.71. The zero-order valence-electron chi connectivity index (χ0n) is 18.1. The Morgan fingerprint density at radius 2 is 1.88 bits per heavy atom. The van der Waals surface area contributed by atoms with Crippen LogP contribution < -0.4 is 10.6 Å². The van der Waals surface area contributed by atoms with Crippen molar-refractivity contribution in [3.05, 3.63) is 82.3 Å². The van der Waals surface area contributed by atoms with Crippen LogP contribution in [0.4, 0.5) is 15.8 Å². The summed E-state index contributed by atoms with van der Waals surface area (Å²) in [4.78, 5) is 29.0. The van der Waals surface area contributed by atoms with Crippen molar-refractivity contribution in [1.82, 2.24) is 4.90 Å². The minimum atomic E-state index is -0.382. The van der Waals surface area contributed by atoms with Gasteiger partial charge in [-0.3, -0.25) is 14.5 Å². The van der Waals surface area contributed by atoms with Crippen LogP contribution >= 0.6 is 11.3 Å². The number of ether oxygens (including phenoxy) is 1. The zero-order chi connectivity index (χ0) is 23.0. The molecule has 6 nitrogen and oxygen atoms in total. The molecule has 33 heavy (non-hydrogen) atoms. The summed E-state index contributed by atoms with van der Waals surface area (Å²) in [5.74, 6) is -0.963. The number of thiophene rings is 1. The van der Waals surface area contributed by atoms with Crippen LogP contribution in [-0.4, -0.2) is 42.5 Å². The lowest BCUT2D eigenvalue weighted by Gasteiger charge is -2.24. The highest BCUT2D eigenvalue weighted by Crippen LogP contribution is 2.20. The Kier molecular flexibility index (Phi) is 7.83. The molecule has 0 unspecified atom stereocenters. The first-order chi connectivity index (χ1) is 16.1. The second-order valence-corrected chi connectivity index (χ2v) is 8.97. The number of benzene rings is 2. The van der Waals surface area contributed by atoms with Crippen molar-refractivity contribution in [2.24, 2.45) is 0 Å². The first-order valence-electron chi connectivity index (χ1n) is 10.9. The van der Waals surface area contributed by atoms with Crippen LogP contribution in [0.5, 0.6) is 0 Å². The monoisotopic (exact) mass is 467 g/mol. The number of para-hydroxylation sites is 1. The van der Waals surface area contributed by atoms with E-state index in [4.69, 9.17) is 4.74 Å². The molecule has 2 aromatic carbocycles. The summed E-state index contributed by atoms with van der Waals surface area (Å²) < 4.78 is 18.9. The third-order valence-electron chi connectivity index (χ3n) is 5.36. The van der Waals surface area contributed by atoms with Gasteiger partial charge in [0, 0.05) is 30.3 Å².